The number of pyridine rings is 1. The second-order valence-corrected chi connectivity index (χ2v) is 8.15. The first-order valence-electron chi connectivity index (χ1n) is 8.17. The monoisotopic (exact) mass is 359 g/mol. The fourth-order valence-electron chi connectivity index (χ4n) is 2.96. The Balaban J connectivity index is 1.80. The molecule has 6 nitrogen and oxygen atoms in total. The van der Waals surface area contributed by atoms with Gasteiger partial charge in [-0.15, -0.1) is 0 Å². The van der Waals surface area contributed by atoms with Gasteiger partial charge in [0.1, 0.15) is 0 Å². The van der Waals surface area contributed by atoms with E-state index in [1.54, 1.807) is 36.3 Å². The lowest BCUT2D eigenvalue weighted by atomic mass is 10.2. The molecule has 0 fully saturated rings. The molecule has 0 unspecified atom stereocenters. The van der Waals surface area contributed by atoms with Crippen LogP contribution in [0.15, 0.2) is 47.5 Å². The van der Waals surface area contributed by atoms with Crippen LogP contribution in [0.2, 0.25) is 0 Å². The number of rotatable bonds is 5. The van der Waals surface area contributed by atoms with Crippen LogP contribution in [-0.4, -0.2) is 43.8 Å². The molecule has 2 aromatic rings. The molecule has 132 valence electrons. The van der Waals surface area contributed by atoms with Crippen LogP contribution < -0.4 is 4.90 Å². The van der Waals surface area contributed by atoms with E-state index in [9.17, 15) is 13.2 Å². The molecule has 7 heteroatoms. The molecule has 0 radical (unpaired) electrons. The summed E-state index contributed by atoms with van der Waals surface area (Å²) in [7, 11) is -2.05. The van der Waals surface area contributed by atoms with Gasteiger partial charge in [-0.2, -0.15) is 0 Å². The van der Waals surface area contributed by atoms with Crippen molar-refractivity contribution in [2.45, 2.75) is 24.7 Å². The SMILES string of the molecule is CC(=O)N1CCc2ccc(S(=O)(=O)N(C)CCc3ccccn3)cc21. The predicted molar refractivity (Wildman–Crippen MR) is 95.9 cm³/mol. The topological polar surface area (TPSA) is 70.6 Å². The van der Waals surface area contributed by atoms with Crippen LogP contribution in [0, 0.1) is 0 Å². The third kappa shape index (κ3) is 3.57. The van der Waals surface area contributed by atoms with Crippen LogP contribution in [0.5, 0.6) is 0 Å². The third-order valence-corrected chi connectivity index (χ3v) is 6.30. The summed E-state index contributed by atoms with van der Waals surface area (Å²) in [5, 5.41) is 0. The Labute approximate surface area is 148 Å². The van der Waals surface area contributed by atoms with Crippen molar-refractivity contribution in [2.24, 2.45) is 0 Å². The molecule has 1 amide bonds. The molecule has 0 bridgehead atoms. The van der Waals surface area contributed by atoms with Crippen LogP contribution in [0.4, 0.5) is 5.69 Å². The molecule has 0 aliphatic carbocycles. The van der Waals surface area contributed by atoms with Gasteiger partial charge in [-0.05, 0) is 36.2 Å². The Bertz CT molecular complexity index is 882. The number of amides is 1. The molecule has 1 aromatic heterocycles. The predicted octanol–water partition coefficient (Wildman–Crippen LogP) is 1.85. The largest absolute Gasteiger partial charge is 0.312 e. The summed E-state index contributed by atoms with van der Waals surface area (Å²) in [5.41, 5.74) is 2.55. The van der Waals surface area contributed by atoms with Crippen molar-refractivity contribution in [3.05, 3.63) is 53.9 Å². The highest BCUT2D eigenvalue weighted by Gasteiger charge is 2.27. The normalized spacial score (nSPS) is 14.0. The average molecular weight is 359 g/mol. The number of hydrogen-bond donors (Lipinski definition) is 0. The zero-order valence-electron chi connectivity index (χ0n) is 14.3. The summed E-state index contributed by atoms with van der Waals surface area (Å²) in [6, 6.07) is 10.6. The average Bonchev–Trinajstić information content (AvgIpc) is 3.04. The fraction of sp³-hybridized carbons (Fsp3) is 0.333. The number of anilines is 1. The molecule has 2 heterocycles. The molecule has 1 aromatic carbocycles. The summed E-state index contributed by atoms with van der Waals surface area (Å²) < 4.78 is 27.0. The Morgan fingerprint density at radius 1 is 1.28 bits per heavy atom. The van der Waals surface area contributed by atoms with Crippen molar-refractivity contribution in [3.8, 4) is 0 Å². The van der Waals surface area contributed by atoms with Crippen molar-refractivity contribution in [2.75, 3.05) is 25.0 Å². The number of aromatic nitrogens is 1. The van der Waals surface area contributed by atoms with E-state index in [1.807, 2.05) is 18.2 Å². The zero-order chi connectivity index (χ0) is 18.0. The van der Waals surface area contributed by atoms with Crippen molar-refractivity contribution >= 4 is 21.6 Å². The number of hydrogen-bond acceptors (Lipinski definition) is 4. The lowest BCUT2D eigenvalue weighted by Crippen LogP contribution is -2.30. The Hall–Kier alpha value is -2.25. The van der Waals surface area contributed by atoms with Gasteiger partial charge in [-0.25, -0.2) is 12.7 Å². The Morgan fingerprint density at radius 2 is 2.08 bits per heavy atom. The second kappa shape index (κ2) is 6.93. The molecule has 1 aliphatic heterocycles. The van der Waals surface area contributed by atoms with Crippen molar-refractivity contribution < 1.29 is 13.2 Å². The van der Waals surface area contributed by atoms with Gasteiger partial charge >= 0.3 is 0 Å². The molecule has 3 rings (SSSR count). The summed E-state index contributed by atoms with van der Waals surface area (Å²) in [6.45, 7) is 2.44. The smallest absolute Gasteiger partial charge is 0.242 e. The van der Waals surface area contributed by atoms with E-state index in [1.165, 1.54) is 11.2 Å². The third-order valence-electron chi connectivity index (χ3n) is 4.45. The minimum atomic E-state index is -3.61. The number of fused-ring (bicyclic) bond motifs is 1. The first-order valence-corrected chi connectivity index (χ1v) is 9.61. The molecule has 0 saturated heterocycles. The highest BCUT2D eigenvalue weighted by atomic mass is 32.2. The van der Waals surface area contributed by atoms with Gasteiger partial charge in [0.25, 0.3) is 0 Å². The highest BCUT2D eigenvalue weighted by Crippen LogP contribution is 2.31. The molecule has 0 spiro atoms. The first-order chi connectivity index (χ1) is 11.9. The highest BCUT2D eigenvalue weighted by molar-refractivity contribution is 7.89. The molecule has 25 heavy (non-hydrogen) atoms. The van der Waals surface area contributed by atoms with Gasteiger partial charge in [0.15, 0.2) is 0 Å². The minimum absolute atomic E-state index is 0.0724. The van der Waals surface area contributed by atoms with Gasteiger partial charge in [0, 0.05) is 51.1 Å². The maximum absolute atomic E-state index is 12.8. The molecular weight excluding hydrogens is 338 g/mol. The molecule has 0 N–H and O–H groups in total. The quantitative estimate of drug-likeness (QED) is 0.817. The zero-order valence-corrected chi connectivity index (χ0v) is 15.2. The maximum Gasteiger partial charge on any atom is 0.242 e. The Kier molecular flexibility index (Phi) is 4.87. The molecule has 0 saturated carbocycles. The number of benzene rings is 1. The lowest BCUT2D eigenvalue weighted by Gasteiger charge is -2.19. The van der Waals surface area contributed by atoms with Gasteiger partial charge in [0.2, 0.25) is 15.9 Å². The fourth-order valence-corrected chi connectivity index (χ4v) is 4.16. The van der Waals surface area contributed by atoms with E-state index in [2.05, 4.69) is 4.98 Å². The van der Waals surface area contributed by atoms with E-state index in [-0.39, 0.29) is 10.8 Å². The summed E-state index contributed by atoms with van der Waals surface area (Å²) >= 11 is 0. The minimum Gasteiger partial charge on any atom is -0.312 e. The maximum atomic E-state index is 12.8. The van der Waals surface area contributed by atoms with E-state index in [4.69, 9.17) is 0 Å². The summed E-state index contributed by atoms with van der Waals surface area (Å²) in [4.78, 5) is 17.8. The molecule has 1 aliphatic rings. The summed E-state index contributed by atoms with van der Waals surface area (Å²) in [5.74, 6) is -0.0724. The van der Waals surface area contributed by atoms with Gasteiger partial charge in [-0.3, -0.25) is 9.78 Å². The van der Waals surface area contributed by atoms with Crippen LogP contribution >= 0.6 is 0 Å². The van der Waals surface area contributed by atoms with Gasteiger partial charge < -0.3 is 4.90 Å². The van der Waals surface area contributed by atoms with E-state index in [0.29, 0.717) is 25.2 Å². The summed E-state index contributed by atoms with van der Waals surface area (Å²) in [6.07, 6.45) is 2.99. The number of nitrogens with zero attached hydrogens (tertiary/aromatic N) is 3. The van der Waals surface area contributed by atoms with Crippen molar-refractivity contribution in [1.29, 1.82) is 0 Å². The number of sulfonamides is 1. The first kappa shape index (κ1) is 17.6. The van der Waals surface area contributed by atoms with Crippen molar-refractivity contribution in [3.63, 3.8) is 0 Å². The standard InChI is InChI=1S/C18H21N3O3S/c1-14(22)21-12-8-15-6-7-17(13-18(15)21)25(23,24)20(2)11-9-16-5-3-4-10-19-16/h3-7,10,13H,8-9,11-12H2,1-2H3. The van der Waals surface area contributed by atoms with E-state index < -0.39 is 10.0 Å². The van der Waals surface area contributed by atoms with Crippen molar-refractivity contribution in [1.82, 2.24) is 9.29 Å². The van der Waals surface area contributed by atoms with Crippen LogP contribution in [0.1, 0.15) is 18.2 Å². The van der Waals surface area contributed by atoms with Crippen LogP contribution in [0.3, 0.4) is 0 Å². The van der Waals surface area contributed by atoms with Gasteiger partial charge in [-0.1, -0.05) is 12.1 Å². The number of likely N-dealkylation sites (N-methyl/N-ethyl adjacent to an activating group) is 1. The van der Waals surface area contributed by atoms with E-state index >= 15 is 0 Å². The Morgan fingerprint density at radius 3 is 2.76 bits per heavy atom. The van der Waals surface area contributed by atoms with Crippen LogP contribution in [0.25, 0.3) is 0 Å². The molecular formula is C18H21N3O3S. The molecule has 0 atom stereocenters. The number of carbonyl (C=O) groups is 1. The second-order valence-electron chi connectivity index (χ2n) is 6.11. The lowest BCUT2D eigenvalue weighted by molar-refractivity contribution is -0.116. The van der Waals surface area contributed by atoms with Gasteiger partial charge in [0.05, 0.1) is 4.90 Å². The van der Waals surface area contributed by atoms with Crippen LogP contribution in [-0.2, 0) is 27.7 Å². The van der Waals surface area contributed by atoms with E-state index in [0.717, 1.165) is 17.7 Å². The number of carbonyl (C=O) groups excluding carboxylic acids is 1.